The van der Waals surface area contributed by atoms with Gasteiger partial charge in [0.25, 0.3) is 5.91 Å². The summed E-state index contributed by atoms with van der Waals surface area (Å²) in [4.78, 5) is 18.6. The molecule has 5 heteroatoms. The number of nitrogens with zero attached hydrogens (tertiary/aromatic N) is 2. The molecule has 0 fully saturated rings. The van der Waals surface area contributed by atoms with E-state index < -0.39 is 0 Å². The van der Waals surface area contributed by atoms with Crippen molar-refractivity contribution < 1.29 is 4.79 Å². The maximum Gasteiger partial charge on any atom is 0.255 e. The maximum absolute atomic E-state index is 13.8. The van der Waals surface area contributed by atoms with Crippen molar-refractivity contribution in [3.63, 3.8) is 0 Å². The molecular formula is C29H30N4O. The highest BCUT2D eigenvalue weighted by Gasteiger charge is 2.33. The van der Waals surface area contributed by atoms with Gasteiger partial charge in [-0.2, -0.15) is 0 Å². The van der Waals surface area contributed by atoms with Crippen LogP contribution >= 0.6 is 0 Å². The van der Waals surface area contributed by atoms with Crippen molar-refractivity contribution in [3.8, 4) is 0 Å². The molecule has 0 bridgehead atoms. The monoisotopic (exact) mass is 450 g/mol. The molecule has 2 N–H and O–H groups in total. The van der Waals surface area contributed by atoms with Gasteiger partial charge in [-0.05, 0) is 61.6 Å². The average Bonchev–Trinajstić information content (AvgIpc) is 3.19. The van der Waals surface area contributed by atoms with E-state index in [0.29, 0.717) is 11.5 Å². The zero-order valence-electron chi connectivity index (χ0n) is 20.3. The van der Waals surface area contributed by atoms with Gasteiger partial charge < -0.3 is 10.6 Å². The van der Waals surface area contributed by atoms with Gasteiger partial charge in [0.05, 0.1) is 22.6 Å². The summed E-state index contributed by atoms with van der Waals surface area (Å²) in [5.74, 6) is 1.08. The smallest absolute Gasteiger partial charge is 0.255 e. The average molecular weight is 451 g/mol. The number of fused-ring (bicyclic) bond motifs is 3. The van der Waals surface area contributed by atoms with Crippen LogP contribution in [-0.4, -0.2) is 15.5 Å². The second-order valence-corrected chi connectivity index (χ2v) is 9.43. The van der Waals surface area contributed by atoms with E-state index in [0.717, 1.165) is 39.5 Å². The van der Waals surface area contributed by atoms with Crippen LogP contribution in [-0.2, 0) is 4.79 Å². The number of carbonyl (C=O) groups excluding carboxylic acids is 1. The number of aromatic nitrogens is 2. The number of nitrogens with one attached hydrogen (secondary N) is 2. The van der Waals surface area contributed by atoms with Crippen molar-refractivity contribution in [2.45, 2.75) is 46.6 Å². The number of benzene rings is 3. The van der Waals surface area contributed by atoms with Gasteiger partial charge in [0.15, 0.2) is 0 Å². The van der Waals surface area contributed by atoms with Crippen LogP contribution in [0.3, 0.4) is 0 Å². The highest BCUT2D eigenvalue weighted by molar-refractivity contribution is 6.10. The fourth-order valence-electron chi connectivity index (χ4n) is 4.76. The Balaban J connectivity index is 1.63. The summed E-state index contributed by atoms with van der Waals surface area (Å²) < 4.78 is 2.05. The minimum atomic E-state index is -0.309. The maximum atomic E-state index is 13.8. The van der Waals surface area contributed by atoms with Gasteiger partial charge in [-0.15, -0.1) is 0 Å². The second kappa shape index (κ2) is 8.49. The fourth-order valence-corrected chi connectivity index (χ4v) is 4.76. The Bertz CT molecular complexity index is 1430. The standard InChI is InChI=1S/C29H30N4O/c1-17(2)21-11-13-22(14-12-21)27-26(28(34)30-23-15-10-18(3)16-19(23)4)20(5)33-25-9-7-6-8-24(25)31-29(33)32-27/h6-17,27H,1-5H3,(H,30,34)(H,31,32)/t27-/m1/s1. The largest absolute Gasteiger partial charge is 0.344 e. The summed E-state index contributed by atoms with van der Waals surface area (Å²) in [6.07, 6.45) is 0. The molecule has 2 heterocycles. The zero-order valence-corrected chi connectivity index (χ0v) is 20.3. The number of amides is 1. The first kappa shape index (κ1) is 22.0. The molecule has 5 nitrogen and oxygen atoms in total. The molecule has 172 valence electrons. The van der Waals surface area contributed by atoms with Crippen LogP contribution in [0.5, 0.6) is 0 Å². The Morgan fingerprint density at radius 3 is 2.44 bits per heavy atom. The number of allylic oxidation sites excluding steroid dienone is 1. The molecular weight excluding hydrogens is 420 g/mol. The highest BCUT2D eigenvalue weighted by atomic mass is 16.1. The number of para-hydroxylation sites is 2. The molecule has 34 heavy (non-hydrogen) atoms. The van der Waals surface area contributed by atoms with Gasteiger partial charge in [0, 0.05) is 11.4 Å². The third-order valence-corrected chi connectivity index (χ3v) is 6.66. The second-order valence-electron chi connectivity index (χ2n) is 9.43. The minimum absolute atomic E-state index is 0.113. The molecule has 5 rings (SSSR count). The minimum Gasteiger partial charge on any atom is -0.344 e. The fraction of sp³-hybridized carbons (Fsp3) is 0.241. The van der Waals surface area contributed by atoms with Gasteiger partial charge in [0.1, 0.15) is 0 Å². The van der Waals surface area contributed by atoms with Crippen molar-refractivity contribution in [3.05, 3.63) is 94.6 Å². The van der Waals surface area contributed by atoms with Crippen molar-refractivity contribution >= 4 is 34.3 Å². The number of anilines is 2. The van der Waals surface area contributed by atoms with Gasteiger partial charge in [0.2, 0.25) is 5.95 Å². The van der Waals surface area contributed by atoms with Gasteiger partial charge >= 0.3 is 0 Å². The Morgan fingerprint density at radius 2 is 1.74 bits per heavy atom. The lowest BCUT2D eigenvalue weighted by atomic mass is 9.92. The molecule has 4 aromatic rings. The molecule has 3 aromatic carbocycles. The molecule has 0 saturated carbocycles. The lowest BCUT2D eigenvalue weighted by molar-refractivity contribution is -0.113. The van der Waals surface area contributed by atoms with E-state index in [1.165, 1.54) is 11.1 Å². The molecule has 0 radical (unpaired) electrons. The first-order chi connectivity index (χ1) is 16.3. The Morgan fingerprint density at radius 1 is 1.00 bits per heavy atom. The Labute approximate surface area is 200 Å². The van der Waals surface area contributed by atoms with E-state index >= 15 is 0 Å². The molecule has 1 amide bonds. The highest BCUT2D eigenvalue weighted by Crippen LogP contribution is 2.39. The summed E-state index contributed by atoms with van der Waals surface area (Å²) in [6.45, 7) is 10.4. The van der Waals surface area contributed by atoms with Crippen molar-refractivity contribution in [2.75, 3.05) is 10.6 Å². The summed E-state index contributed by atoms with van der Waals surface area (Å²) in [5.41, 5.74) is 8.79. The molecule has 0 saturated heterocycles. The SMILES string of the molecule is CC1=C(C(=O)Nc2ccc(C)cc2C)[C@@H](c2ccc(C(C)C)cc2)Nc2nc3ccccc3n21. The molecule has 0 unspecified atom stereocenters. The summed E-state index contributed by atoms with van der Waals surface area (Å²) in [6, 6.07) is 22.3. The molecule has 0 aliphatic carbocycles. The van der Waals surface area contributed by atoms with E-state index in [1.807, 2.05) is 54.8 Å². The molecule has 1 atom stereocenters. The van der Waals surface area contributed by atoms with E-state index in [-0.39, 0.29) is 11.9 Å². The summed E-state index contributed by atoms with van der Waals surface area (Å²) in [7, 11) is 0. The van der Waals surface area contributed by atoms with Crippen LogP contribution in [0.25, 0.3) is 16.7 Å². The van der Waals surface area contributed by atoms with Crippen LogP contribution in [0, 0.1) is 13.8 Å². The number of imidazole rings is 1. The van der Waals surface area contributed by atoms with Gasteiger partial charge in [-0.1, -0.05) is 67.9 Å². The first-order valence-electron chi connectivity index (χ1n) is 11.8. The van der Waals surface area contributed by atoms with E-state index in [4.69, 9.17) is 4.98 Å². The number of carbonyl (C=O) groups is 1. The van der Waals surface area contributed by atoms with Crippen molar-refractivity contribution in [1.29, 1.82) is 0 Å². The van der Waals surface area contributed by atoms with E-state index in [1.54, 1.807) is 0 Å². The topological polar surface area (TPSA) is 59.0 Å². The Hall–Kier alpha value is -3.86. The van der Waals surface area contributed by atoms with E-state index in [2.05, 4.69) is 61.7 Å². The predicted octanol–water partition coefficient (Wildman–Crippen LogP) is 6.81. The number of hydrogen-bond donors (Lipinski definition) is 2. The van der Waals surface area contributed by atoms with Crippen molar-refractivity contribution in [1.82, 2.24) is 9.55 Å². The molecule has 1 aromatic heterocycles. The predicted molar refractivity (Wildman–Crippen MR) is 140 cm³/mol. The summed E-state index contributed by atoms with van der Waals surface area (Å²) >= 11 is 0. The molecule has 1 aliphatic heterocycles. The molecule has 1 aliphatic rings. The van der Waals surface area contributed by atoms with Gasteiger partial charge in [-0.25, -0.2) is 4.98 Å². The first-order valence-corrected chi connectivity index (χ1v) is 11.8. The van der Waals surface area contributed by atoms with Crippen LogP contribution < -0.4 is 10.6 Å². The van der Waals surface area contributed by atoms with Gasteiger partial charge in [-0.3, -0.25) is 9.36 Å². The van der Waals surface area contributed by atoms with Crippen molar-refractivity contribution in [2.24, 2.45) is 0 Å². The number of rotatable bonds is 4. The van der Waals surface area contributed by atoms with Crippen LogP contribution in [0.1, 0.15) is 55.0 Å². The zero-order chi connectivity index (χ0) is 24.0. The normalized spacial score (nSPS) is 15.4. The van der Waals surface area contributed by atoms with Crippen LogP contribution in [0.2, 0.25) is 0 Å². The Kier molecular flexibility index (Phi) is 5.48. The third-order valence-electron chi connectivity index (χ3n) is 6.66. The lowest BCUT2D eigenvalue weighted by Gasteiger charge is -2.30. The molecule has 0 spiro atoms. The van der Waals surface area contributed by atoms with E-state index in [9.17, 15) is 4.79 Å². The number of hydrogen-bond acceptors (Lipinski definition) is 3. The van der Waals surface area contributed by atoms with Crippen LogP contribution in [0.4, 0.5) is 11.6 Å². The summed E-state index contributed by atoms with van der Waals surface area (Å²) in [5, 5.41) is 6.72. The third kappa shape index (κ3) is 3.77. The lowest BCUT2D eigenvalue weighted by Crippen LogP contribution is -2.30. The van der Waals surface area contributed by atoms with Crippen LogP contribution in [0.15, 0.2) is 72.3 Å². The number of aryl methyl sites for hydroxylation is 2. The quantitative estimate of drug-likeness (QED) is 0.359.